The first kappa shape index (κ1) is 18.8. The summed E-state index contributed by atoms with van der Waals surface area (Å²) in [6.45, 7) is 2.53. The van der Waals surface area contributed by atoms with Crippen LogP contribution in [0.5, 0.6) is 11.5 Å². The van der Waals surface area contributed by atoms with Gasteiger partial charge in [-0.3, -0.25) is 5.10 Å². The molecule has 1 aromatic heterocycles. The molecule has 27 heavy (non-hydrogen) atoms. The maximum absolute atomic E-state index is 6.05. The van der Waals surface area contributed by atoms with Gasteiger partial charge in [-0.15, -0.1) is 0 Å². The third kappa shape index (κ3) is 4.62. The number of para-hydroxylation sites is 1. The summed E-state index contributed by atoms with van der Waals surface area (Å²) in [6.07, 6.45) is 3.47. The van der Waals surface area contributed by atoms with Crippen molar-refractivity contribution < 1.29 is 9.47 Å². The van der Waals surface area contributed by atoms with E-state index in [4.69, 9.17) is 21.7 Å². The lowest BCUT2D eigenvalue weighted by molar-refractivity contribution is 0.284. The van der Waals surface area contributed by atoms with Crippen molar-refractivity contribution in [3.8, 4) is 11.5 Å². The number of methoxy groups -OCH3 is 1. The highest BCUT2D eigenvalue weighted by Crippen LogP contribution is 2.31. The Morgan fingerprint density at radius 2 is 2.00 bits per heavy atom. The van der Waals surface area contributed by atoms with Gasteiger partial charge in [-0.2, -0.15) is 14.9 Å². The van der Waals surface area contributed by atoms with E-state index in [1.54, 1.807) is 18.0 Å². The van der Waals surface area contributed by atoms with E-state index >= 15 is 0 Å². The smallest absolute Gasteiger partial charge is 0.216 e. The molecule has 0 aliphatic heterocycles. The fraction of sp³-hybridized carbons (Fsp3) is 0.250. The summed E-state index contributed by atoms with van der Waals surface area (Å²) in [4.78, 5) is 0. The quantitative estimate of drug-likeness (QED) is 0.464. The predicted molar refractivity (Wildman–Crippen MR) is 108 cm³/mol. The van der Waals surface area contributed by atoms with Gasteiger partial charge >= 0.3 is 0 Å². The molecule has 7 heteroatoms. The molecular formula is C20H22N4O2S. The average molecular weight is 382 g/mol. The van der Waals surface area contributed by atoms with Gasteiger partial charge in [0.2, 0.25) is 4.77 Å². The number of aromatic amines is 1. The molecule has 140 valence electrons. The number of aromatic nitrogens is 3. The molecule has 3 rings (SSSR count). The molecule has 0 aliphatic carbocycles. The van der Waals surface area contributed by atoms with Crippen molar-refractivity contribution in [3.05, 3.63) is 70.3 Å². The van der Waals surface area contributed by atoms with E-state index in [0.717, 1.165) is 29.8 Å². The van der Waals surface area contributed by atoms with Crippen LogP contribution in [0, 0.1) is 4.77 Å². The number of rotatable bonds is 8. The first-order valence-electron chi connectivity index (χ1n) is 8.77. The number of nitrogens with one attached hydrogen (secondary N) is 1. The van der Waals surface area contributed by atoms with Crippen molar-refractivity contribution in [3.63, 3.8) is 0 Å². The molecule has 0 radical (unpaired) electrons. The topological polar surface area (TPSA) is 64.4 Å². The van der Waals surface area contributed by atoms with Gasteiger partial charge in [0.05, 0.1) is 13.3 Å². The number of H-pyrrole nitrogens is 1. The van der Waals surface area contributed by atoms with Crippen LogP contribution in [0.3, 0.4) is 0 Å². The van der Waals surface area contributed by atoms with Crippen LogP contribution >= 0.6 is 12.2 Å². The number of aryl methyl sites for hydroxylation is 1. The van der Waals surface area contributed by atoms with Gasteiger partial charge in [0, 0.05) is 12.0 Å². The highest BCUT2D eigenvalue weighted by molar-refractivity contribution is 7.71. The molecular weight excluding hydrogens is 360 g/mol. The number of hydrogen-bond acceptors (Lipinski definition) is 5. The average Bonchev–Trinajstić information content (AvgIpc) is 3.05. The van der Waals surface area contributed by atoms with Crippen LogP contribution < -0.4 is 9.47 Å². The molecule has 1 N–H and O–H groups in total. The van der Waals surface area contributed by atoms with Gasteiger partial charge in [-0.25, -0.2) is 0 Å². The zero-order chi connectivity index (χ0) is 19.1. The Bertz CT molecular complexity index is 964. The Morgan fingerprint density at radius 3 is 2.74 bits per heavy atom. The van der Waals surface area contributed by atoms with Crippen LogP contribution in [-0.2, 0) is 13.0 Å². The fourth-order valence-electron chi connectivity index (χ4n) is 2.63. The maximum atomic E-state index is 6.05. The zero-order valence-electron chi connectivity index (χ0n) is 15.4. The largest absolute Gasteiger partial charge is 0.493 e. The van der Waals surface area contributed by atoms with Gasteiger partial charge in [0.25, 0.3) is 0 Å². The number of benzene rings is 2. The lowest BCUT2D eigenvalue weighted by Crippen LogP contribution is -2.02. The second-order valence-corrected chi connectivity index (χ2v) is 6.29. The molecule has 0 fully saturated rings. The van der Waals surface area contributed by atoms with Gasteiger partial charge in [0.1, 0.15) is 6.61 Å². The van der Waals surface area contributed by atoms with Crippen LogP contribution in [-0.4, -0.2) is 28.2 Å². The Balaban J connectivity index is 1.89. The van der Waals surface area contributed by atoms with E-state index in [1.807, 2.05) is 48.5 Å². The highest BCUT2D eigenvalue weighted by Gasteiger charge is 2.10. The lowest BCUT2D eigenvalue weighted by Gasteiger charge is -2.13. The lowest BCUT2D eigenvalue weighted by atomic mass is 10.2. The van der Waals surface area contributed by atoms with E-state index in [-0.39, 0.29) is 0 Å². The third-order valence-corrected chi connectivity index (χ3v) is 4.22. The first-order valence-corrected chi connectivity index (χ1v) is 9.18. The summed E-state index contributed by atoms with van der Waals surface area (Å²) in [5, 5.41) is 11.5. The van der Waals surface area contributed by atoms with E-state index in [2.05, 4.69) is 22.2 Å². The SMILES string of the molecule is CCCc1n[nH]c(=S)n1/N=C/c1cccc(OC)c1OCc1ccccc1. The summed E-state index contributed by atoms with van der Waals surface area (Å²) in [5.74, 6) is 2.09. The van der Waals surface area contributed by atoms with E-state index in [9.17, 15) is 0 Å². The Hall–Kier alpha value is -2.93. The molecule has 3 aromatic rings. The minimum Gasteiger partial charge on any atom is -0.493 e. The second-order valence-electron chi connectivity index (χ2n) is 5.90. The molecule has 0 atom stereocenters. The molecule has 2 aromatic carbocycles. The highest BCUT2D eigenvalue weighted by atomic mass is 32.1. The number of nitrogens with zero attached hydrogens (tertiary/aromatic N) is 3. The van der Waals surface area contributed by atoms with Gasteiger partial charge in [0.15, 0.2) is 17.3 Å². The molecule has 6 nitrogen and oxygen atoms in total. The molecule has 0 bridgehead atoms. The standard InChI is InChI=1S/C20H22N4O2S/c1-3-8-18-22-23-20(27)24(18)21-13-16-11-7-12-17(25-2)19(16)26-14-15-9-5-4-6-10-15/h4-7,9-13H,3,8,14H2,1-2H3,(H,23,27)/b21-13+. The third-order valence-electron chi connectivity index (χ3n) is 3.96. The summed E-state index contributed by atoms with van der Waals surface area (Å²) in [5.41, 5.74) is 1.88. The number of ether oxygens (including phenoxy) is 2. The molecule has 0 aliphatic rings. The monoisotopic (exact) mass is 382 g/mol. The Morgan fingerprint density at radius 1 is 1.19 bits per heavy atom. The van der Waals surface area contributed by atoms with E-state index < -0.39 is 0 Å². The predicted octanol–water partition coefficient (Wildman–Crippen LogP) is 4.36. The van der Waals surface area contributed by atoms with Crippen LogP contribution in [0.2, 0.25) is 0 Å². The van der Waals surface area contributed by atoms with Gasteiger partial charge in [-0.05, 0) is 36.3 Å². The van der Waals surface area contributed by atoms with Gasteiger partial charge < -0.3 is 9.47 Å². The first-order chi connectivity index (χ1) is 13.2. The normalized spacial score (nSPS) is 11.0. The zero-order valence-corrected chi connectivity index (χ0v) is 16.2. The van der Waals surface area contributed by atoms with Crippen molar-refractivity contribution >= 4 is 18.4 Å². The minimum atomic E-state index is 0.439. The molecule has 1 heterocycles. The summed E-state index contributed by atoms with van der Waals surface area (Å²) in [7, 11) is 1.62. The maximum Gasteiger partial charge on any atom is 0.216 e. The molecule has 0 spiro atoms. The van der Waals surface area contributed by atoms with E-state index in [0.29, 0.717) is 22.9 Å². The molecule has 0 unspecified atom stereocenters. The molecule has 0 saturated heterocycles. The Labute approximate surface area is 163 Å². The van der Waals surface area contributed by atoms with Crippen molar-refractivity contribution in [1.82, 2.24) is 14.9 Å². The van der Waals surface area contributed by atoms with Crippen molar-refractivity contribution in [2.45, 2.75) is 26.4 Å². The molecule has 0 saturated carbocycles. The minimum absolute atomic E-state index is 0.439. The van der Waals surface area contributed by atoms with Crippen LogP contribution in [0.25, 0.3) is 0 Å². The van der Waals surface area contributed by atoms with Crippen molar-refractivity contribution in [2.24, 2.45) is 5.10 Å². The summed E-state index contributed by atoms with van der Waals surface area (Å²) in [6, 6.07) is 15.7. The van der Waals surface area contributed by atoms with Crippen LogP contribution in [0.15, 0.2) is 53.6 Å². The second kappa shape index (κ2) is 9.14. The van der Waals surface area contributed by atoms with Crippen LogP contribution in [0.4, 0.5) is 0 Å². The number of hydrogen-bond donors (Lipinski definition) is 1. The van der Waals surface area contributed by atoms with Crippen molar-refractivity contribution in [2.75, 3.05) is 7.11 Å². The fourth-order valence-corrected chi connectivity index (χ4v) is 2.83. The van der Waals surface area contributed by atoms with E-state index in [1.165, 1.54) is 0 Å². The van der Waals surface area contributed by atoms with Crippen LogP contribution in [0.1, 0.15) is 30.3 Å². The van der Waals surface area contributed by atoms with Crippen molar-refractivity contribution in [1.29, 1.82) is 0 Å². The van der Waals surface area contributed by atoms with Gasteiger partial charge in [-0.1, -0.05) is 43.3 Å². The Kier molecular flexibility index (Phi) is 6.38. The summed E-state index contributed by atoms with van der Waals surface area (Å²) < 4.78 is 13.6. The summed E-state index contributed by atoms with van der Waals surface area (Å²) >= 11 is 5.27. The molecule has 0 amide bonds.